The van der Waals surface area contributed by atoms with Crippen LogP contribution in [-0.4, -0.2) is 16.8 Å². The van der Waals surface area contributed by atoms with Crippen LogP contribution in [0.4, 0.5) is 26.3 Å². The van der Waals surface area contributed by atoms with E-state index in [0.717, 1.165) is 6.07 Å². The van der Waals surface area contributed by atoms with Gasteiger partial charge in [-0.05, 0) is 12.1 Å². The number of halogens is 7. The van der Waals surface area contributed by atoms with Crippen LogP contribution in [-0.2, 0) is 24.1 Å². The number of rotatable bonds is 5. The van der Waals surface area contributed by atoms with Crippen molar-refractivity contribution in [1.82, 2.24) is 9.88 Å². The number of ether oxygens (including phenoxy) is 1. The third-order valence-electron chi connectivity index (χ3n) is 3.36. The zero-order valence-electron chi connectivity index (χ0n) is 13.7. The van der Waals surface area contributed by atoms with Crippen LogP contribution in [0.5, 0.6) is 5.75 Å². The van der Waals surface area contributed by atoms with E-state index in [1.165, 1.54) is 18.2 Å². The van der Waals surface area contributed by atoms with E-state index < -0.39 is 53.4 Å². The van der Waals surface area contributed by atoms with Gasteiger partial charge < -0.3 is 14.6 Å². The molecular weight excluding hydrogens is 418 g/mol. The quantitative estimate of drug-likeness (QED) is 0.738. The predicted molar refractivity (Wildman–Crippen MR) is 85.7 cm³/mol. The Morgan fingerprint density at radius 1 is 1.14 bits per heavy atom. The van der Waals surface area contributed by atoms with Gasteiger partial charge in [-0.2, -0.15) is 13.2 Å². The molecule has 5 nitrogen and oxygen atoms in total. The number of amides is 1. The van der Waals surface area contributed by atoms with Crippen molar-refractivity contribution in [1.29, 1.82) is 0 Å². The zero-order chi connectivity index (χ0) is 21.1. The highest BCUT2D eigenvalue weighted by atomic mass is 35.5. The third-order valence-corrected chi connectivity index (χ3v) is 3.63. The summed E-state index contributed by atoms with van der Waals surface area (Å²) in [5.41, 5.74) is -2.28. The number of carbonyl (C=O) groups is 1. The molecule has 0 saturated carbocycles. The molecule has 1 aromatic carbocycles. The summed E-state index contributed by atoms with van der Waals surface area (Å²) in [4.78, 5) is 23.8. The number of pyridine rings is 1. The summed E-state index contributed by atoms with van der Waals surface area (Å²) >= 11 is 5.48. The van der Waals surface area contributed by atoms with E-state index in [2.05, 4.69) is 10.1 Å². The van der Waals surface area contributed by atoms with E-state index in [9.17, 15) is 35.9 Å². The van der Waals surface area contributed by atoms with Gasteiger partial charge in [0.1, 0.15) is 17.3 Å². The van der Waals surface area contributed by atoms with E-state index in [1.807, 2.05) is 0 Å². The van der Waals surface area contributed by atoms with E-state index in [4.69, 9.17) is 11.6 Å². The standard InChI is InChI=1S/C16H11ClF6N2O3/c17-11-5-10(15(18,19)20)7-25(14(11)27)8-13(26)24-6-9-3-1-2-4-12(9)28-16(21,22)23/h1-5,7H,6,8H2,(H,24,26). The van der Waals surface area contributed by atoms with Crippen LogP contribution in [0.2, 0.25) is 5.02 Å². The molecule has 0 bridgehead atoms. The van der Waals surface area contributed by atoms with Gasteiger partial charge in [0.05, 0.1) is 5.56 Å². The van der Waals surface area contributed by atoms with E-state index in [-0.39, 0.29) is 5.56 Å². The lowest BCUT2D eigenvalue weighted by Crippen LogP contribution is -2.33. The molecule has 1 N–H and O–H groups in total. The molecule has 0 aliphatic rings. The Bertz CT molecular complexity index is 924. The highest BCUT2D eigenvalue weighted by Crippen LogP contribution is 2.29. The number of para-hydroxylation sites is 1. The highest BCUT2D eigenvalue weighted by molar-refractivity contribution is 6.30. The van der Waals surface area contributed by atoms with Gasteiger partial charge in [0.15, 0.2) is 0 Å². The Balaban J connectivity index is 2.12. The number of nitrogens with zero attached hydrogens (tertiary/aromatic N) is 1. The molecule has 0 aliphatic carbocycles. The van der Waals surface area contributed by atoms with Crippen molar-refractivity contribution in [3.63, 3.8) is 0 Å². The number of alkyl halides is 6. The van der Waals surface area contributed by atoms with E-state index in [1.54, 1.807) is 0 Å². The molecule has 0 spiro atoms. The van der Waals surface area contributed by atoms with Gasteiger partial charge >= 0.3 is 12.5 Å². The zero-order valence-corrected chi connectivity index (χ0v) is 14.5. The molecule has 0 fully saturated rings. The van der Waals surface area contributed by atoms with Crippen LogP contribution in [0.1, 0.15) is 11.1 Å². The second-order valence-electron chi connectivity index (χ2n) is 5.44. The van der Waals surface area contributed by atoms with Crippen molar-refractivity contribution >= 4 is 17.5 Å². The molecule has 1 amide bonds. The Kier molecular flexibility index (Phi) is 6.27. The Morgan fingerprint density at radius 3 is 2.39 bits per heavy atom. The van der Waals surface area contributed by atoms with Gasteiger partial charge in [-0.15, -0.1) is 13.2 Å². The average molecular weight is 429 g/mol. The van der Waals surface area contributed by atoms with Crippen molar-refractivity contribution in [3.05, 3.63) is 63.0 Å². The largest absolute Gasteiger partial charge is 0.573 e. The lowest BCUT2D eigenvalue weighted by Gasteiger charge is -2.14. The summed E-state index contributed by atoms with van der Waals surface area (Å²) in [7, 11) is 0. The first-order valence-corrected chi connectivity index (χ1v) is 7.82. The second-order valence-corrected chi connectivity index (χ2v) is 5.85. The molecular formula is C16H11ClF6N2O3. The van der Waals surface area contributed by atoms with Gasteiger partial charge in [-0.3, -0.25) is 9.59 Å². The minimum Gasteiger partial charge on any atom is -0.405 e. The average Bonchev–Trinajstić information content (AvgIpc) is 2.55. The fraction of sp³-hybridized carbons (Fsp3) is 0.250. The van der Waals surface area contributed by atoms with Gasteiger partial charge in [0.25, 0.3) is 5.56 Å². The summed E-state index contributed by atoms with van der Waals surface area (Å²) in [6.07, 6.45) is -9.31. The number of nitrogens with one attached hydrogen (secondary N) is 1. The van der Waals surface area contributed by atoms with Crippen LogP contribution in [0.3, 0.4) is 0 Å². The number of hydrogen-bond acceptors (Lipinski definition) is 3. The van der Waals surface area contributed by atoms with Gasteiger partial charge in [0, 0.05) is 18.3 Å². The number of aromatic nitrogens is 1. The third kappa shape index (κ3) is 5.91. The van der Waals surface area contributed by atoms with Crippen molar-refractivity contribution in [2.45, 2.75) is 25.6 Å². The Labute approximate surface area is 158 Å². The molecule has 12 heteroatoms. The molecule has 2 aromatic rings. The van der Waals surface area contributed by atoms with Crippen molar-refractivity contribution < 1.29 is 35.9 Å². The summed E-state index contributed by atoms with van der Waals surface area (Å²) in [5.74, 6) is -1.46. The minimum atomic E-state index is -4.94. The van der Waals surface area contributed by atoms with Gasteiger partial charge in [-0.25, -0.2) is 0 Å². The smallest absolute Gasteiger partial charge is 0.405 e. The first kappa shape index (κ1) is 21.6. The molecule has 0 radical (unpaired) electrons. The fourth-order valence-electron chi connectivity index (χ4n) is 2.15. The van der Waals surface area contributed by atoms with Crippen LogP contribution in [0.15, 0.2) is 41.3 Å². The number of hydrogen-bond donors (Lipinski definition) is 1. The van der Waals surface area contributed by atoms with Crippen LogP contribution < -0.4 is 15.6 Å². The normalized spacial score (nSPS) is 12.0. The molecule has 2 rings (SSSR count). The Morgan fingerprint density at radius 2 is 1.79 bits per heavy atom. The molecule has 152 valence electrons. The molecule has 0 aliphatic heterocycles. The maximum absolute atomic E-state index is 12.8. The first-order chi connectivity index (χ1) is 12.9. The number of carbonyl (C=O) groups excluding carboxylic acids is 1. The summed E-state index contributed by atoms with van der Waals surface area (Å²) in [6.45, 7) is -1.22. The topological polar surface area (TPSA) is 60.3 Å². The lowest BCUT2D eigenvalue weighted by atomic mass is 10.2. The lowest BCUT2D eigenvalue weighted by molar-refractivity contribution is -0.274. The van der Waals surface area contributed by atoms with E-state index >= 15 is 0 Å². The molecule has 1 aromatic heterocycles. The van der Waals surface area contributed by atoms with Crippen LogP contribution >= 0.6 is 11.6 Å². The maximum atomic E-state index is 12.8. The fourth-order valence-corrected chi connectivity index (χ4v) is 2.38. The summed E-state index contributed by atoms with van der Waals surface area (Å²) in [5, 5.41) is 1.48. The van der Waals surface area contributed by atoms with Crippen LogP contribution in [0.25, 0.3) is 0 Å². The summed E-state index contributed by atoms with van der Waals surface area (Å²) < 4.78 is 79.8. The van der Waals surface area contributed by atoms with Gasteiger partial charge in [-0.1, -0.05) is 29.8 Å². The number of benzene rings is 1. The highest BCUT2D eigenvalue weighted by Gasteiger charge is 2.33. The van der Waals surface area contributed by atoms with Crippen molar-refractivity contribution in [2.75, 3.05) is 0 Å². The van der Waals surface area contributed by atoms with Crippen LogP contribution in [0, 0.1) is 0 Å². The predicted octanol–water partition coefficient (Wildman–Crippen LogP) is 3.74. The first-order valence-electron chi connectivity index (χ1n) is 7.44. The molecule has 0 unspecified atom stereocenters. The van der Waals surface area contributed by atoms with Gasteiger partial charge in [0.2, 0.25) is 5.91 Å². The van der Waals surface area contributed by atoms with Crippen molar-refractivity contribution in [2.24, 2.45) is 0 Å². The molecule has 0 saturated heterocycles. The van der Waals surface area contributed by atoms with Crippen molar-refractivity contribution in [3.8, 4) is 5.75 Å². The monoisotopic (exact) mass is 428 g/mol. The minimum absolute atomic E-state index is 0.0254. The second kappa shape index (κ2) is 8.13. The summed E-state index contributed by atoms with van der Waals surface area (Å²) in [6, 6.07) is 5.42. The molecule has 0 atom stereocenters. The Hall–Kier alpha value is -2.69. The SMILES string of the molecule is O=C(Cn1cc(C(F)(F)F)cc(Cl)c1=O)NCc1ccccc1OC(F)(F)F. The van der Waals surface area contributed by atoms with E-state index in [0.29, 0.717) is 16.8 Å². The molecule has 28 heavy (non-hydrogen) atoms. The molecule has 1 heterocycles. The maximum Gasteiger partial charge on any atom is 0.573 e.